The van der Waals surface area contributed by atoms with Crippen LogP contribution in [0.3, 0.4) is 0 Å². The summed E-state index contributed by atoms with van der Waals surface area (Å²) >= 11 is 0. The lowest BCUT2D eigenvalue weighted by molar-refractivity contribution is -0.122. The zero-order valence-corrected chi connectivity index (χ0v) is 16.8. The second-order valence-corrected chi connectivity index (χ2v) is 8.05. The molecule has 7 heteroatoms. The van der Waals surface area contributed by atoms with E-state index in [9.17, 15) is 18.0 Å². The molecular weight excluding hydrogens is 391 g/mol. The number of rotatable bonds is 7. The zero-order chi connectivity index (χ0) is 21.1. The van der Waals surface area contributed by atoms with Crippen LogP contribution in [0.1, 0.15) is 24.3 Å². The van der Waals surface area contributed by atoms with Gasteiger partial charge in [0.25, 0.3) is 0 Å². The predicted molar refractivity (Wildman–Crippen MR) is 110 cm³/mol. The van der Waals surface area contributed by atoms with Gasteiger partial charge in [0.15, 0.2) is 11.6 Å². The highest BCUT2D eigenvalue weighted by molar-refractivity contribution is 5.82. The molecule has 1 saturated heterocycles. The number of benzene rings is 2. The van der Waals surface area contributed by atoms with Crippen LogP contribution in [0.15, 0.2) is 42.5 Å². The molecule has 0 bridgehead atoms. The minimum absolute atomic E-state index is 0.0193. The molecule has 160 valence electrons. The number of nitrogens with zero attached hydrogens (tertiary/aromatic N) is 2. The fourth-order valence-corrected chi connectivity index (χ4v) is 4.16. The summed E-state index contributed by atoms with van der Waals surface area (Å²) in [5.41, 5.74) is 1.34. The molecule has 1 aliphatic heterocycles. The van der Waals surface area contributed by atoms with E-state index in [0.717, 1.165) is 45.2 Å². The molecule has 4 nitrogen and oxygen atoms in total. The summed E-state index contributed by atoms with van der Waals surface area (Å²) < 4.78 is 40.3. The molecule has 1 amide bonds. The van der Waals surface area contributed by atoms with Crippen molar-refractivity contribution in [3.05, 3.63) is 65.5 Å². The lowest BCUT2D eigenvalue weighted by Crippen LogP contribution is -2.47. The smallest absolute Gasteiger partial charge is 0.223 e. The number of piperazine rings is 1. The first-order valence-corrected chi connectivity index (χ1v) is 10.5. The third-order valence-corrected chi connectivity index (χ3v) is 6.01. The topological polar surface area (TPSA) is 35.6 Å². The van der Waals surface area contributed by atoms with Gasteiger partial charge in [-0.05, 0) is 55.1 Å². The zero-order valence-electron chi connectivity index (χ0n) is 16.8. The van der Waals surface area contributed by atoms with Crippen molar-refractivity contribution in [2.75, 3.05) is 44.2 Å². The first-order chi connectivity index (χ1) is 14.5. The number of para-hydroxylation sites is 1. The van der Waals surface area contributed by atoms with Crippen LogP contribution < -0.4 is 10.2 Å². The van der Waals surface area contributed by atoms with Crippen molar-refractivity contribution in [3.63, 3.8) is 0 Å². The van der Waals surface area contributed by atoms with Gasteiger partial charge in [-0.25, -0.2) is 13.2 Å². The van der Waals surface area contributed by atoms with Crippen molar-refractivity contribution in [2.45, 2.75) is 18.8 Å². The Balaban J connectivity index is 1.14. The standard InChI is InChI=1S/C23H26F3N3O/c24-19-7-6-16(14-21(19)26)17-15-18(17)23(30)27-8-3-9-28-10-12-29(13-11-28)22-5-2-1-4-20(22)25/h1-2,4-7,14,17-18H,3,8-13,15H2,(H,27,30). The number of hydrogen-bond acceptors (Lipinski definition) is 3. The van der Waals surface area contributed by atoms with Crippen molar-refractivity contribution >= 4 is 11.6 Å². The molecule has 0 spiro atoms. The van der Waals surface area contributed by atoms with E-state index < -0.39 is 11.6 Å². The van der Waals surface area contributed by atoms with Crippen LogP contribution in [0, 0.1) is 23.4 Å². The van der Waals surface area contributed by atoms with Crippen LogP contribution in [0.2, 0.25) is 0 Å². The monoisotopic (exact) mass is 417 g/mol. The van der Waals surface area contributed by atoms with Crippen molar-refractivity contribution in [1.29, 1.82) is 0 Å². The van der Waals surface area contributed by atoms with Gasteiger partial charge in [0.05, 0.1) is 5.69 Å². The highest BCUT2D eigenvalue weighted by atomic mass is 19.2. The minimum Gasteiger partial charge on any atom is -0.367 e. The first kappa shape index (κ1) is 20.7. The normalized spacial score (nSPS) is 21.5. The summed E-state index contributed by atoms with van der Waals surface area (Å²) in [6.07, 6.45) is 1.52. The molecular formula is C23H26F3N3O. The van der Waals surface area contributed by atoms with Crippen LogP contribution in [-0.4, -0.2) is 50.1 Å². The van der Waals surface area contributed by atoms with Gasteiger partial charge in [0.1, 0.15) is 5.82 Å². The Bertz CT molecular complexity index is 899. The maximum absolute atomic E-state index is 13.9. The Labute approximate surface area is 174 Å². The van der Waals surface area contributed by atoms with Gasteiger partial charge in [-0.15, -0.1) is 0 Å². The largest absolute Gasteiger partial charge is 0.367 e. The number of halogens is 3. The van der Waals surface area contributed by atoms with Gasteiger partial charge in [-0.1, -0.05) is 18.2 Å². The molecule has 2 aromatic carbocycles. The van der Waals surface area contributed by atoms with Crippen molar-refractivity contribution in [1.82, 2.24) is 10.2 Å². The second kappa shape index (κ2) is 9.08. The SMILES string of the molecule is O=C(NCCCN1CCN(c2ccccc2F)CC1)C1CC1c1ccc(F)c(F)c1. The highest BCUT2D eigenvalue weighted by Gasteiger charge is 2.44. The summed E-state index contributed by atoms with van der Waals surface area (Å²) in [6.45, 7) is 4.76. The number of carbonyl (C=O) groups is 1. The highest BCUT2D eigenvalue weighted by Crippen LogP contribution is 2.47. The Morgan fingerprint density at radius 3 is 2.47 bits per heavy atom. The van der Waals surface area contributed by atoms with E-state index in [1.165, 1.54) is 12.1 Å². The predicted octanol–water partition coefficient (Wildman–Crippen LogP) is 3.54. The lowest BCUT2D eigenvalue weighted by atomic mass is 10.1. The summed E-state index contributed by atoms with van der Waals surface area (Å²) in [7, 11) is 0. The number of amides is 1. The average Bonchev–Trinajstić information content (AvgIpc) is 3.55. The fraction of sp³-hybridized carbons (Fsp3) is 0.435. The van der Waals surface area contributed by atoms with E-state index in [2.05, 4.69) is 15.1 Å². The van der Waals surface area contributed by atoms with Crippen LogP contribution in [0.5, 0.6) is 0 Å². The third-order valence-electron chi connectivity index (χ3n) is 6.01. The fourth-order valence-electron chi connectivity index (χ4n) is 4.16. The number of carbonyl (C=O) groups excluding carboxylic acids is 1. The molecule has 2 unspecified atom stereocenters. The molecule has 1 N–H and O–H groups in total. The van der Waals surface area contributed by atoms with E-state index in [1.54, 1.807) is 12.1 Å². The maximum Gasteiger partial charge on any atom is 0.223 e. The van der Waals surface area contributed by atoms with E-state index in [4.69, 9.17) is 0 Å². The molecule has 0 aromatic heterocycles. The summed E-state index contributed by atoms with van der Waals surface area (Å²) in [4.78, 5) is 16.7. The molecule has 1 aliphatic carbocycles. The van der Waals surface area contributed by atoms with E-state index in [-0.39, 0.29) is 23.6 Å². The summed E-state index contributed by atoms with van der Waals surface area (Å²) in [6, 6.07) is 10.7. The Hall–Kier alpha value is -2.54. The second-order valence-electron chi connectivity index (χ2n) is 8.05. The summed E-state index contributed by atoms with van der Waals surface area (Å²) in [5, 5.41) is 2.96. The average molecular weight is 417 g/mol. The molecule has 2 aromatic rings. The van der Waals surface area contributed by atoms with Gasteiger partial charge in [0.2, 0.25) is 5.91 Å². The van der Waals surface area contributed by atoms with Crippen LogP contribution in [0.25, 0.3) is 0 Å². The number of nitrogens with one attached hydrogen (secondary N) is 1. The van der Waals surface area contributed by atoms with Crippen molar-refractivity contribution < 1.29 is 18.0 Å². The molecule has 2 aliphatic rings. The van der Waals surface area contributed by atoms with Gasteiger partial charge in [0, 0.05) is 38.6 Å². The van der Waals surface area contributed by atoms with E-state index >= 15 is 0 Å². The van der Waals surface area contributed by atoms with Crippen molar-refractivity contribution in [3.8, 4) is 0 Å². The van der Waals surface area contributed by atoms with Gasteiger partial charge in [-0.3, -0.25) is 9.69 Å². The van der Waals surface area contributed by atoms with E-state index in [0.29, 0.717) is 24.2 Å². The third kappa shape index (κ3) is 4.78. The van der Waals surface area contributed by atoms with Crippen LogP contribution >= 0.6 is 0 Å². The molecule has 30 heavy (non-hydrogen) atoms. The lowest BCUT2D eigenvalue weighted by Gasteiger charge is -2.36. The van der Waals surface area contributed by atoms with Gasteiger partial charge >= 0.3 is 0 Å². The quantitative estimate of drug-likeness (QED) is 0.700. The molecule has 0 radical (unpaired) electrons. The van der Waals surface area contributed by atoms with Gasteiger partial charge < -0.3 is 10.2 Å². The number of anilines is 1. The molecule has 4 rings (SSSR count). The van der Waals surface area contributed by atoms with Crippen molar-refractivity contribution in [2.24, 2.45) is 5.92 Å². The minimum atomic E-state index is -0.867. The summed E-state index contributed by atoms with van der Waals surface area (Å²) in [5.74, 6) is -2.11. The molecule has 2 atom stereocenters. The molecule has 1 saturated carbocycles. The molecule has 1 heterocycles. The Morgan fingerprint density at radius 2 is 1.73 bits per heavy atom. The maximum atomic E-state index is 13.9. The Morgan fingerprint density at radius 1 is 0.967 bits per heavy atom. The van der Waals surface area contributed by atoms with E-state index in [1.807, 2.05) is 12.1 Å². The van der Waals surface area contributed by atoms with Crippen LogP contribution in [-0.2, 0) is 4.79 Å². The Kier molecular flexibility index (Phi) is 6.27. The molecule has 2 fully saturated rings. The van der Waals surface area contributed by atoms with Crippen LogP contribution in [0.4, 0.5) is 18.9 Å². The first-order valence-electron chi connectivity index (χ1n) is 10.5. The number of hydrogen-bond donors (Lipinski definition) is 1. The van der Waals surface area contributed by atoms with Gasteiger partial charge in [-0.2, -0.15) is 0 Å².